The molecule has 1 aromatic heterocycles. The average Bonchev–Trinajstić information content (AvgIpc) is 3.36. The maximum absolute atomic E-state index is 11.9. The summed E-state index contributed by atoms with van der Waals surface area (Å²) in [5.74, 6) is 0.249. The number of carbonyl (C=O) groups excluding carboxylic acids is 1. The number of carbonyl (C=O) groups is 1. The highest BCUT2D eigenvalue weighted by Gasteiger charge is 2.33. The van der Waals surface area contributed by atoms with Crippen LogP contribution in [0.5, 0.6) is 0 Å². The first-order valence-electron chi connectivity index (χ1n) is 13.9. The summed E-state index contributed by atoms with van der Waals surface area (Å²) < 4.78 is 26.2. The predicted molar refractivity (Wildman–Crippen MR) is 151 cm³/mol. The molecule has 1 aliphatic carbocycles. The van der Waals surface area contributed by atoms with Gasteiger partial charge < -0.3 is 18.9 Å². The number of nitrogens with zero attached hydrogens (tertiary/aromatic N) is 2. The van der Waals surface area contributed by atoms with Crippen molar-refractivity contribution in [1.29, 1.82) is 0 Å². The summed E-state index contributed by atoms with van der Waals surface area (Å²) in [6.45, 7) is 11.7. The van der Waals surface area contributed by atoms with E-state index in [1.54, 1.807) is 0 Å². The number of esters is 1. The second-order valence-corrected chi connectivity index (χ2v) is 12.9. The Morgan fingerprint density at radius 1 is 1.13 bits per heavy atom. The van der Waals surface area contributed by atoms with Crippen LogP contribution in [-0.4, -0.2) is 53.1 Å². The Morgan fingerprint density at radius 2 is 1.82 bits per heavy atom. The summed E-state index contributed by atoms with van der Waals surface area (Å²) in [6, 6.07) is 10.4. The minimum absolute atomic E-state index is 0.0249. The van der Waals surface area contributed by atoms with Crippen LogP contribution in [0.3, 0.4) is 0 Å². The lowest BCUT2D eigenvalue weighted by Crippen LogP contribution is -2.28. The van der Waals surface area contributed by atoms with Crippen molar-refractivity contribution >= 4 is 21.9 Å². The molecule has 2 aromatic rings. The van der Waals surface area contributed by atoms with Gasteiger partial charge in [-0.15, -0.1) is 0 Å². The Hall–Kier alpha value is -1.74. The molecule has 1 atom stereocenters. The third kappa shape index (κ3) is 8.38. The highest BCUT2D eigenvalue weighted by molar-refractivity contribution is 9.10. The van der Waals surface area contributed by atoms with E-state index in [0.29, 0.717) is 25.0 Å². The van der Waals surface area contributed by atoms with Gasteiger partial charge in [0.25, 0.3) is 0 Å². The molecule has 2 aliphatic rings. The van der Waals surface area contributed by atoms with E-state index in [0.717, 1.165) is 60.8 Å². The average molecular weight is 592 g/mol. The zero-order valence-corrected chi connectivity index (χ0v) is 25.1. The van der Waals surface area contributed by atoms with Crippen LogP contribution >= 0.6 is 15.9 Å². The number of halogens is 1. The van der Waals surface area contributed by atoms with Crippen LogP contribution < -0.4 is 0 Å². The van der Waals surface area contributed by atoms with Gasteiger partial charge in [-0.25, -0.2) is 4.79 Å². The van der Waals surface area contributed by atoms with E-state index >= 15 is 0 Å². The molecule has 0 unspecified atom stereocenters. The molecule has 4 rings (SSSR count). The number of hydrogen-bond donors (Lipinski definition) is 0. The van der Waals surface area contributed by atoms with E-state index in [1.807, 2.05) is 40.7 Å². The van der Waals surface area contributed by atoms with Crippen LogP contribution in [0.4, 0.5) is 0 Å². The molecule has 0 spiro atoms. The molecule has 0 amide bonds. The minimum Gasteiger partial charge on any atom is -0.458 e. The summed E-state index contributed by atoms with van der Waals surface area (Å²) in [4.78, 5) is 11.9. The Bertz CT molecular complexity index is 1050. The van der Waals surface area contributed by atoms with Crippen molar-refractivity contribution in [3.8, 4) is 11.3 Å². The van der Waals surface area contributed by atoms with Crippen LogP contribution in [0, 0.1) is 11.8 Å². The van der Waals surface area contributed by atoms with Crippen molar-refractivity contribution in [1.82, 2.24) is 9.78 Å². The van der Waals surface area contributed by atoms with Crippen molar-refractivity contribution < 1.29 is 23.7 Å². The first-order valence-corrected chi connectivity index (χ1v) is 14.7. The zero-order chi connectivity index (χ0) is 27.3. The van der Waals surface area contributed by atoms with Gasteiger partial charge in [-0.1, -0.05) is 30.3 Å². The highest BCUT2D eigenvalue weighted by Crippen LogP contribution is 2.35. The Kier molecular flexibility index (Phi) is 9.72. The Balaban J connectivity index is 1.34. The SMILES string of the molecule is CC(C)(C)OC(=O)COC[C@H]1CC[C@H](Cn2nc(-c3ccccc3)c(Br)c2CC[C@H]2COC(C)(C)O2)CC1. The maximum Gasteiger partial charge on any atom is 0.332 e. The van der Waals surface area contributed by atoms with E-state index < -0.39 is 11.4 Å². The Labute approximate surface area is 235 Å². The molecule has 1 aromatic carbocycles. The van der Waals surface area contributed by atoms with Crippen LogP contribution in [0.15, 0.2) is 34.8 Å². The normalized spacial score (nSPS) is 23.5. The summed E-state index contributed by atoms with van der Waals surface area (Å²) in [5, 5.41) is 5.09. The fraction of sp³-hybridized carbons (Fsp3) is 0.667. The molecular formula is C30H43BrN2O5. The summed E-state index contributed by atoms with van der Waals surface area (Å²) >= 11 is 3.89. The molecule has 2 fully saturated rings. The number of hydrogen-bond acceptors (Lipinski definition) is 6. The summed E-state index contributed by atoms with van der Waals surface area (Å²) in [5.41, 5.74) is 2.86. The molecular weight excluding hydrogens is 548 g/mol. The second kappa shape index (κ2) is 12.6. The molecule has 0 radical (unpaired) electrons. The van der Waals surface area contributed by atoms with Gasteiger partial charge in [-0.2, -0.15) is 5.10 Å². The van der Waals surface area contributed by atoms with Gasteiger partial charge in [0.05, 0.1) is 29.5 Å². The third-order valence-corrected chi connectivity index (χ3v) is 8.04. The van der Waals surface area contributed by atoms with Crippen LogP contribution in [-0.2, 0) is 36.7 Å². The van der Waals surface area contributed by atoms with E-state index in [-0.39, 0.29) is 18.7 Å². The van der Waals surface area contributed by atoms with Crippen molar-refractivity contribution in [2.75, 3.05) is 19.8 Å². The van der Waals surface area contributed by atoms with Crippen molar-refractivity contribution in [2.24, 2.45) is 11.8 Å². The summed E-state index contributed by atoms with van der Waals surface area (Å²) in [7, 11) is 0. The molecule has 0 bridgehead atoms. The van der Waals surface area contributed by atoms with Gasteiger partial charge in [-0.05, 0) is 101 Å². The Morgan fingerprint density at radius 3 is 2.45 bits per heavy atom. The first-order chi connectivity index (χ1) is 18.0. The van der Waals surface area contributed by atoms with Gasteiger partial charge in [0, 0.05) is 12.1 Å². The van der Waals surface area contributed by atoms with Gasteiger partial charge in [-0.3, -0.25) is 4.68 Å². The minimum atomic E-state index is -0.507. The van der Waals surface area contributed by atoms with Gasteiger partial charge in [0.15, 0.2) is 5.79 Å². The third-order valence-electron chi connectivity index (χ3n) is 7.20. The molecule has 1 saturated carbocycles. The molecule has 0 N–H and O–H groups in total. The van der Waals surface area contributed by atoms with Crippen LogP contribution in [0.1, 0.15) is 72.4 Å². The number of ether oxygens (including phenoxy) is 4. The fourth-order valence-electron chi connectivity index (χ4n) is 5.35. The smallest absolute Gasteiger partial charge is 0.332 e. The van der Waals surface area contributed by atoms with Crippen molar-refractivity contribution in [3.63, 3.8) is 0 Å². The standard InChI is InChI=1S/C30H43BrN2O5/c1-29(2,3)38-26(34)20-35-18-22-13-11-21(12-14-22)17-33-25(16-15-24-19-36-30(4,5)37-24)27(31)28(32-33)23-9-7-6-8-10-23/h6-10,21-22,24H,11-20H2,1-5H3/t21-,22-,24-/m0/s1. The molecule has 7 nitrogen and oxygen atoms in total. The van der Waals surface area contributed by atoms with Crippen molar-refractivity contribution in [3.05, 3.63) is 40.5 Å². The predicted octanol–water partition coefficient (Wildman–Crippen LogP) is 6.56. The molecule has 1 aliphatic heterocycles. The number of rotatable bonds is 10. The quantitative estimate of drug-likeness (QED) is 0.292. The molecule has 2 heterocycles. The molecule has 210 valence electrons. The van der Waals surface area contributed by atoms with E-state index in [2.05, 4.69) is 44.9 Å². The fourth-order valence-corrected chi connectivity index (χ4v) is 6.06. The second-order valence-electron chi connectivity index (χ2n) is 12.1. The lowest BCUT2D eigenvalue weighted by Gasteiger charge is -2.29. The zero-order valence-electron chi connectivity index (χ0n) is 23.5. The van der Waals surface area contributed by atoms with Crippen LogP contribution in [0.2, 0.25) is 0 Å². The molecule has 1 saturated heterocycles. The van der Waals surface area contributed by atoms with Gasteiger partial charge in [0.2, 0.25) is 0 Å². The maximum atomic E-state index is 11.9. The lowest BCUT2D eigenvalue weighted by atomic mass is 9.82. The van der Waals surface area contributed by atoms with Gasteiger partial charge >= 0.3 is 5.97 Å². The first kappa shape index (κ1) is 29.2. The summed E-state index contributed by atoms with van der Waals surface area (Å²) in [6.07, 6.45) is 6.33. The molecule has 38 heavy (non-hydrogen) atoms. The highest BCUT2D eigenvalue weighted by atomic mass is 79.9. The molecule has 8 heteroatoms. The van der Waals surface area contributed by atoms with E-state index in [4.69, 9.17) is 24.0 Å². The van der Waals surface area contributed by atoms with Crippen LogP contribution in [0.25, 0.3) is 11.3 Å². The largest absolute Gasteiger partial charge is 0.458 e. The number of benzene rings is 1. The van der Waals surface area contributed by atoms with E-state index in [1.165, 1.54) is 5.69 Å². The van der Waals surface area contributed by atoms with E-state index in [9.17, 15) is 4.79 Å². The van der Waals surface area contributed by atoms with Gasteiger partial charge in [0.1, 0.15) is 17.9 Å². The van der Waals surface area contributed by atoms with Crippen molar-refractivity contribution in [2.45, 2.75) is 97.2 Å². The monoisotopic (exact) mass is 590 g/mol. The lowest BCUT2D eigenvalue weighted by molar-refractivity contribution is -0.160. The number of aromatic nitrogens is 2. The topological polar surface area (TPSA) is 71.8 Å².